The van der Waals surface area contributed by atoms with Crippen molar-refractivity contribution in [3.8, 4) is 11.5 Å². The SMILES string of the molecule is COc1ccc(OS(=O)(=O)c2ccccc2)cc1. The van der Waals surface area contributed by atoms with Crippen molar-refractivity contribution in [3.05, 3.63) is 54.6 Å². The zero-order valence-electron chi connectivity index (χ0n) is 9.74. The Labute approximate surface area is 106 Å². The van der Waals surface area contributed by atoms with Crippen LogP contribution >= 0.6 is 0 Å². The Morgan fingerprint density at radius 2 is 1.39 bits per heavy atom. The Balaban J connectivity index is 2.22. The summed E-state index contributed by atoms with van der Waals surface area (Å²) in [5.41, 5.74) is 0. The van der Waals surface area contributed by atoms with Gasteiger partial charge in [0.2, 0.25) is 0 Å². The summed E-state index contributed by atoms with van der Waals surface area (Å²) < 4.78 is 33.8. The average Bonchev–Trinajstić information content (AvgIpc) is 2.40. The molecule has 2 rings (SSSR count). The van der Waals surface area contributed by atoms with Crippen molar-refractivity contribution >= 4 is 10.1 Å². The van der Waals surface area contributed by atoms with Crippen molar-refractivity contribution in [2.24, 2.45) is 0 Å². The summed E-state index contributed by atoms with van der Waals surface area (Å²) in [6, 6.07) is 14.4. The van der Waals surface area contributed by atoms with Gasteiger partial charge in [-0.2, -0.15) is 8.42 Å². The molecule has 0 saturated heterocycles. The molecule has 0 N–H and O–H groups in total. The molecule has 4 nitrogen and oxygen atoms in total. The van der Waals surface area contributed by atoms with Gasteiger partial charge in [-0.3, -0.25) is 0 Å². The Bertz CT molecular complexity index is 603. The second-order valence-corrected chi connectivity index (χ2v) is 5.07. The lowest BCUT2D eigenvalue weighted by molar-refractivity contribution is 0.413. The van der Waals surface area contributed by atoms with Crippen LogP contribution < -0.4 is 8.92 Å². The Hall–Kier alpha value is -2.01. The summed E-state index contributed by atoms with van der Waals surface area (Å²) in [6.45, 7) is 0. The molecule has 0 amide bonds. The highest BCUT2D eigenvalue weighted by Gasteiger charge is 2.15. The second-order valence-electron chi connectivity index (χ2n) is 3.53. The number of ether oxygens (including phenoxy) is 1. The largest absolute Gasteiger partial charge is 0.497 e. The smallest absolute Gasteiger partial charge is 0.339 e. The summed E-state index contributed by atoms with van der Waals surface area (Å²) in [4.78, 5) is 0.126. The van der Waals surface area contributed by atoms with Crippen molar-refractivity contribution in [1.29, 1.82) is 0 Å². The Morgan fingerprint density at radius 1 is 0.833 bits per heavy atom. The monoisotopic (exact) mass is 264 g/mol. The Kier molecular flexibility index (Phi) is 3.53. The fraction of sp³-hybridized carbons (Fsp3) is 0.0769. The first kappa shape index (κ1) is 12.4. The summed E-state index contributed by atoms with van der Waals surface area (Å²) in [6.07, 6.45) is 0. The molecule has 0 heterocycles. The molecule has 0 fully saturated rings. The van der Waals surface area contributed by atoms with Gasteiger partial charge < -0.3 is 8.92 Å². The van der Waals surface area contributed by atoms with Crippen LogP contribution in [0.4, 0.5) is 0 Å². The Morgan fingerprint density at radius 3 is 1.94 bits per heavy atom. The third-order valence-corrected chi connectivity index (χ3v) is 3.56. The van der Waals surface area contributed by atoms with Gasteiger partial charge in [0.05, 0.1) is 7.11 Å². The number of benzene rings is 2. The molecular formula is C13H12O4S. The van der Waals surface area contributed by atoms with Gasteiger partial charge in [0.1, 0.15) is 16.4 Å². The van der Waals surface area contributed by atoms with Gasteiger partial charge in [-0.25, -0.2) is 0 Å². The highest BCUT2D eigenvalue weighted by Crippen LogP contribution is 2.21. The molecule has 2 aromatic carbocycles. The zero-order chi connectivity index (χ0) is 13.0. The summed E-state index contributed by atoms with van der Waals surface area (Å²) in [5.74, 6) is 0.888. The molecule has 0 spiro atoms. The van der Waals surface area contributed by atoms with Crippen LogP contribution in [-0.4, -0.2) is 15.5 Å². The van der Waals surface area contributed by atoms with Crippen LogP contribution in [0.25, 0.3) is 0 Å². The number of methoxy groups -OCH3 is 1. The fourth-order valence-electron chi connectivity index (χ4n) is 1.39. The minimum absolute atomic E-state index is 0.126. The van der Waals surface area contributed by atoms with Crippen LogP contribution in [-0.2, 0) is 10.1 Å². The van der Waals surface area contributed by atoms with E-state index < -0.39 is 10.1 Å². The first-order valence-electron chi connectivity index (χ1n) is 5.25. The van der Waals surface area contributed by atoms with E-state index in [1.54, 1.807) is 42.5 Å². The van der Waals surface area contributed by atoms with Gasteiger partial charge in [0.15, 0.2) is 0 Å². The van der Waals surface area contributed by atoms with E-state index in [-0.39, 0.29) is 10.6 Å². The molecule has 0 saturated carbocycles. The van der Waals surface area contributed by atoms with E-state index in [4.69, 9.17) is 8.92 Å². The van der Waals surface area contributed by atoms with Crippen molar-refractivity contribution in [1.82, 2.24) is 0 Å². The highest BCUT2D eigenvalue weighted by atomic mass is 32.2. The third kappa shape index (κ3) is 2.81. The van der Waals surface area contributed by atoms with E-state index in [2.05, 4.69) is 0 Å². The first-order chi connectivity index (χ1) is 8.62. The molecule has 94 valence electrons. The molecular weight excluding hydrogens is 252 g/mol. The van der Waals surface area contributed by atoms with Gasteiger partial charge >= 0.3 is 10.1 Å². The highest BCUT2D eigenvalue weighted by molar-refractivity contribution is 7.87. The lowest BCUT2D eigenvalue weighted by atomic mass is 10.3. The van der Waals surface area contributed by atoms with Crippen LogP contribution in [0, 0.1) is 0 Å². The van der Waals surface area contributed by atoms with Crippen molar-refractivity contribution in [3.63, 3.8) is 0 Å². The van der Waals surface area contributed by atoms with E-state index in [1.165, 1.54) is 19.2 Å². The van der Waals surface area contributed by atoms with E-state index in [1.807, 2.05) is 0 Å². The summed E-state index contributed by atoms with van der Waals surface area (Å²) in [5, 5.41) is 0. The van der Waals surface area contributed by atoms with Crippen molar-refractivity contribution < 1.29 is 17.3 Å². The predicted molar refractivity (Wildman–Crippen MR) is 67.2 cm³/mol. The molecule has 5 heteroatoms. The second kappa shape index (κ2) is 5.10. The molecule has 0 aromatic heterocycles. The predicted octanol–water partition coefficient (Wildman–Crippen LogP) is 2.46. The molecule has 0 aliphatic carbocycles. The summed E-state index contributed by atoms with van der Waals surface area (Å²) in [7, 11) is -2.24. The number of hydrogen-bond donors (Lipinski definition) is 0. The van der Waals surface area contributed by atoms with Gasteiger partial charge in [-0.05, 0) is 36.4 Å². The topological polar surface area (TPSA) is 52.6 Å². The maximum Gasteiger partial charge on any atom is 0.339 e. The van der Waals surface area contributed by atoms with Crippen LogP contribution in [0.5, 0.6) is 11.5 Å². The average molecular weight is 264 g/mol. The standard InChI is InChI=1S/C13H12O4S/c1-16-11-7-9-12(10-8-11)17-18(14,15)13-5-3-2-4-6-13/h2-10H,1H3. The maximum atomic E-state index is 11.9. The van der Waals surface area contributed by atoms with Gasteiger partial charge in [-0.15, -0.1) is 0 Å². The summed E-state index contributed by atoms with van der Waals surface area (Å²) >= 11 is 0. The van der Waals surface area contributed by atoms with Gasteiger partial charge in [0.25, 0.3) is 0 Å². The first-order valence-corrected chi connectivity index (χ1v) is 6.66. The molecule has 0 bridgehead atoms. The molecule has 0 atom stereocenters. The van der Waals surface area contributed by atoms with E-state index in [0.717, 1.165) is 0 Å². The third-order valence-electron chi connectivity index (χ3n) is 2.30. The van der Waals surface area contributed by atoms with Gasteiger partial charge in [-0.1, -0.05) is 18.2 Å². The molecule has 0 unspecified atom stereocenters. The number of rotatable bonds is 4. The quantitative estimate of drug-likeness (QED) is 0.796. The normalized spacial score (nSPS) is 10.9. The maximum absolute atomic E-state index is 11.9. The lowest BCUT2D eigenvalue weighted by Gasteiger charge is -2.07. The number of hydrogen-bond acceptors (Lipinski definition) is 4. The molecule has 18 heavy (non-hydrogen) atoms. The van der Waals surface area contributed by atoms with Crippen LogP contribution in [0.2, 0.25) is 0 Å². The van der Waals surface area contributed by atoms with E-state index in [0.29, 0.717) is 5.75 Å². The van der Waals surface area contributed by atoms with Gasteiger partial charge in [0, 0.05) is 0 Å². The van der Waals surface area contributed by atoms with Crippen LogP contribution in [0.3, 0.4) is 0 Å². The van der Waals surface area contributed by atoms with E-state index in [9.17, 15) is 8.42 Å². The van der Waals surface area contributed by atoms with E-state index >= 15 is 0 Å². The van der Waals surface area contributed by atoms with Crippen LogP contribution in [0.15, 0.2) is 59.5 Å². The minimum Gasteiger partial charge on any atom is -0.497 e. The zero-order valence-corrected chi connectivity index (χ0v) is 10.6. The van der Waals surface area contributed by atoms with Crippen molar-refractivity contribution in [2.75, 3.05) is 7.11 Å². The molecule has 2 aromatic rings. The van der Waals surface area contributed by atoms with Crippen LogP contribution in [0.1, 0.15) is 0 Å². The lowest BCUT2D eigenvalue weighted by Crippen LogP contribution is -2.09. The van der Waals surface area contributed by atoms with Crippen molar-refractivity contribution in [2.45, 2.75) is 4.90 Å². The molecule has 0 radical (unpaired) electrons. The fourth-order valence-corrected chi connectivity index (χ4v) is 2.34. The molecule has 0 aliphatic rings. The molecule has 0 aliphatic heterocycles. The minimum atomic E-state index is -3.77.